The highest BCUT2D eigenvalue weighted by molar-refractivity contribution is 7.81. The average molecular weight is 1060 g/mol. The van der Waals surface area contributed by atoms with Crippen LogP contribution in [-0.4, -0.2) is 92.2 Å². The molecule has 390 valence electrons. The zero-order valence-electron chi connectivity index (χ0n) is 41.6. The highest BCUT2D eigenvalue weighted by Gasteiger charge is 2.52. The molecule has 0 unspecified atom stereocenters. The van der Waals surface area contributed by atoms with Crippen LogP contribution in [0.1, 0.15) is 99.5 Å². The molecule has 2 saturated heterocycles. The predicted octanol–water partition coefficient (Wildman–Crippen LogP) is 8.90. The molecule has 2 aromatic heterocycles. The normalized spacial score (nSPS) is 17.0. The van der Waals surface area contributed by atoms with Crippen LogP contribution in [0.3, 0.4) is 0 Å². The van der Waals surface area contributed by atoms with Crippen LogP contribution in [0.15, 0.2) is 84.5 Å². The van der Waals surface area contributed by atoms with Gasteiger partial charge in [-0.2, -0.15) is 18.4 Å². The van der Waals surface area contributed by atoms with Gasteiger partial charge in [0, 0.05) is 31.1 Å². The van der Waals surface area contributed by atoms with Gasteiger partial charge in [0.1, 0.15) is 28.9 Å². The first-order chi connectivity index (χ1) is 35.0. The highest BCUT2D eigenvalue weighted by atomic mass is 32.1. The number of ether oxygens (including phenoxy) is 2. The van der Waals surface area contributed by atoms with E-state index in [0.29, 0.717) is 41.5 Å². The first kappa shape index (κ1) is 54.7. The Balaban J connectivity index is 0.833. The van der Waals surface area contributed by atoms with Crippen molar-refractivity contribution < 1.29 is 51.3 Å². The van der Waals surface area contributed by atoms with E-state index in [0.717, 1.165) is 53.1 Å². The second-order valence-corrected chi connectivity index (χ2v) is 20.8. The van der Waals surface area contributed by atoms with E-state index in [1.165, 1.54) is 35.9 Å². The SMILES string of the molecule is Cc1ncsc1-c1ccc(CNC(=O)[C@@H]2C[C@@H](O)CN2C(=O)[C@@H](NC(=O)c2ccc(OCCCCCCOc3ccc(N4C(=S)N(c5ccc(C#N)c(C(F)(F)F)c5F)C(=O)C4(C)C)cn3)cc2)C(C)(C)C)cc1. The van der Waals surface area contributed by atoms with Gasteiger partial charge in [-0.3, -0.25) is 24.1 Å². The van der Waals surface area contributed by atoms with Crippen molar-refractivity contribution >= 4 is 63.7 Å². The number of nitrogens with zero attached hydrogens (tertiary/aromatic N) is 6. The fourth-order valence-electron chi connectivity index (χ4n) is 8.76. The van der Waals surface area contributed by atoms with Gasteiger partial charge in [0.05, 0.1) is 64.6 Å². The van der Waals surface area contributed by atoms with Crippen molar-refractivity contribution in [3.8, 4) is 28.1 Å². The van der Waals surface area contributed by atoms with E-state index in [1.807, 2.05) is 52.0 Å². The van der Waals surface area contributed by atoms with Gasteiger partial charge in [0.2, 0.25) is 17.7 Å². The molecule has 3 N–H and O–H groups in total. The molecule has 7 rings (SSSR count). The number of aliphatic hydroxyl groups excluding tert-OH is 1. The van der Waals surface area contributed by atoms with Crippen LogP contribution in [0, 0.1) is 29.5 Å². The zero-order valence-corrected chi connectivity index (χ0v) is 43.2. The Hall–Kier alpha value is -7.02. The van der Waals surface area contributed by atoms with E-state index in [2.05, 4.69) is 20.6 Å². The third-order valence-electron chi connectivity index (χ3n) is 12.8. The Labute approximate surface area is 435 Å². The first-order valence-corrected chi connectivity index (χ1v) is 25.2. The van der Waals surface area contributed by atoms with Crippen LogP contribution in [-0.2, 0) is 27.1 Å². The van der Waals surface area contributed by atoms with E-state index in [-0.39, 0.29) is 30.5 Å². The molecule has 2 aliphatic rings. The number of thiocarbonyl (C=S) groups is 1. The van der Waals surface area contributed by atoms with Gasteiger partial charge in [-0.1, -0.05) is 45.0 Å². The number of amides is 4. The molecule has 0 radical (unpaired) electrons. The van der Waals surface area contributed by atoms with Crippen LogP contribution in [0.5, 0.6) is 11.6 Å². The molecule has 2 aliphatic heterocycles. The van der Waals surface area contributed by atoms with Crippen molar-refractivity contribution in [2.75, 3.05) is 29.6 Å². The first-order valence-electron chi connectivity index (χ1n) is 23.9. The molecular formula is C53H56F4N8O7S2. The van der Waals surface area contributed by atoms with Crippen molar-refractivity contribution in [3.05, 3.63) is 118 Å². The number of aryl methyl sites for hydroxylation is 1. The summed E-state index contributed by atoms with van der Waals surface area (Å²) in [7, 11) is 0. The lowest BCUT2D eigenvalue weighted by Crippen LogP contribution is -2.57. The summed E-state index contributed by atoms with van der Waals surface area (Å²) in [6.07, 6.45) is -1.56. The van der Waals surface area contributed by atoms with E-state index in [9.17, 15) is 37.5 Å². The Kier molecular flexibility index (Phi) is 16.7. The minimum atomic E-state index is -5.19. The summed E-state index contributed by atoms with van der Waals surface area (Å²) in [6, 6.07) is 18.6. The van der Waals surface area contributed by atoms with Gasteiger partial charge in [-0.05, 0) is 118 Å². The molecule has 2 fully saturated rings. The summed E-state index contributed by atoms with van der Waals surface area (Å²) >= 11 is 7.06. The third kappa shape index (κ3) is 12.1. The number of benzene rings is 3. The number of aromatic nitrogens is 2. The standard InChI is InChI=1S/C53H56F4N8O7S2/c1-31-44(74-30-61-31)33-13-11-32(12-14-33)27-60-47(68)40-25-37(66)29-63(40)48(69)45(51(2,3)4)62-46(67)34-15-19-38(20-16-34)71-23-9-7-8-10-24-72-41-22-18-36(28-59-41)65-50(73)64(49(70)52(65,5)6)39-21-17-35(26-58)42(43(39)54)53(55,56)57/h11-22,28,30,37,40,45,66H,7-10,23-25,27,29H2,1-6H3,(H,60,68)(H,62,67)/t37-,40+,45-/m1/s1. The summed E-state index contributed by atoms with van der Waals surface area (Å²) in [6.45, 7) is 11.4. The number of aliphatic hydroxyl groups is 1. The number of β-amino-alcohol motifs (C(OH)–C–C–N with tert-alkyl or cyclic N) is 1. The number of rotatable bonds is 18. The number of unbranched alkanes of at least 4 members (excludes halogenated alkanes) is 3. The van der Waals surface area contributed by atoms with Gasteiger partial charge in [0.25, 0.3) is 11.8 Å². The molecule has 0 saturated carbocycles. The number of anilines is 2. The lowest BCUT2D eigenvalue weighted by molar-refractivity contribution is -0.142. The Morgan fingerprint density at radius 1 is 0.959 bits per heavy atom. The van der Waals surface area contributed by atoms with Gasteiger partial charge < -0.3 is 35.0 Å². The quantitative estimate of drug-likeness (QED) is 0.0430. The van der Waals surface area contributed by atoms with Crippen molar-refractivity contribution in [2.24, 2.45) is 5.41 Å². The summed E-state index contributed by atoms with van der Waals surface area (Å²) in [5.74, 6) is -3.06. The largest absolute Gasteiger partial charge is 0.494 e. The zero-order chi connectivity index (χ0) is 53.7. The average Bonchev–Trinajstić information content (AvgIpc) is 4.02. The summed E-state index contributed by atoms with van der Waals surface area (Å²) in [5, 5.41) is 25.3. The Morgan fingerprint density at radius 2 is 1.64 bits per heavy atom. The predicted molar refractivity (Wildman–Crippen MR) is 274 cm³/mol. The minimum absolute atomic E-state index is 0.0449. The van der Waals surface area contributed by atoms with Crippen molar-refractivity contribution in [1.29, 1.82) is 5.26 Å². The van der Waals surface area contributed by atoms with Crippen molar-refractivity contribution in [1.82, 2.24) is 25.5 Å². The van der Waals surface area contributed by atoms with Crippen molar-refractivity contribution in [3.63, 3.8) is 0 Å². The molecule has 0 aliphatic carbocycles. The molecule has 74 heavy (non-hydrogen) atoms. The fraction of sp³-hybridized carbons (Fsp3) is 0.396. The summed E-state index contributed by atoms with van der Waals surface area (Å²) < 4.78 is 68.3. The number of carbonyl (C=O) groups excluding carboxylic acids is 4. The Bertz CT molecular complexity index is 2920. The smallest absolute Gasteiger partial charge is 0.420 e. The lowest BCUT2D eigenvalue weighted by atomic mass is 9.85. The molecule has 4 amide bonds. The van der Waals surface area contributed by atoms with Gasteiger partial charge in [-0.25, -0.2) is 14.4 Å². The molecule has 0 spiro atoms. The summed E-state index contributed by atoms with van der Waals surface area (Å²) in [5.41, 5.74) is -0.329. The Morgan fingerprint density at radius 3 is 2.23 bits per heavy atom. The van der Waals surface area contributed by atoms with Gasteiger partial charge in [0.15, 0.2) is 10.9 Å². The number of alkyl halides is 3. The van der Waals surface area contributed by atoms with Crippen LogP contribution in [0.2, 0.25) is 0 Å². The molecule has 4 heterocycles. The molecule has 0 bridgehead atoms. The number of hydrogen-bond acceptors (Lipinski definition) is 12. The number of nitriles is 1. The maximum Gasteiger partial charge on any atom is 0.420 e. The van der Waals surface area contributed by atoms with E-state index in [4.69, 9.17) is 27.0 Å². The third-order valence-corrected chi connectivity index (χ3v) is 14.1. The molecule has 21 heteroatoms. The van der Waals surface area contributed by atoms with Gasteiger partial charge >= 0.3 is 6.18 Å². The number of halogens is 4. The fourth-order valence-corrected chi connectivity index (χ4v) is 10.1. The molecule has 3 atom stereocenters. The van der Waals surface area contributed by atoms with Crippen molar-refractivity contribution in [2.45, 2.75) is 110 Å². The number of nitrogens with one attached hydrogen (secondary N) is 2. The van der Waals surface area contributed by atoms with E-state index < -0.39 is 81.6 Å². The molecular weight excluding hydrogens is 1000 g/mol. The van der Waals surface area contributed by atoms with E-state index >= 15 is 4.39 Å². The minimum Gasteiger partial charge on any atom is -0.494 e. The van der Waals surface area contributed by atoms with Gasteiger partial charge in [-0.15, -0.1) is 11.3 Å². The number of thiazole rings is 1. The summed E-state index contributed by atoms with van der Waals surface area (Å²) in [4.78, 5) is 67.8. The number of likely N-dealkylation sites (tertiary alicyclic amines) is 1. The second-order valence-electron chi connectivity index (χ2n) is 19.6. The van der Waals surface area contributed by atoms with Crippen LogP contribution >= 0.6 is 23.6 Å². The maximum atomic E-state index is 15.4. The second kappa shape index (κ2) is 22.6. The van der Waals surface area contributed by atoms with Crippen LogP contribution < -0.4 is 29.9 Å². The monoisotopic (exact) mass is 1060 g/mol. The number of pyridine rings is 1. The number of carbonyl (C=O) groups is 4. The molecule has 5 aromatic rings. The maximum absolute atomic E-state index is 15.4. The number of hydrogen-bond donors (Lipinski definition) is 3. The van der Waals surface area contributed by atoms with E-state index in [1.54, 1.807) is 53.2 Å². The highest BCUT2D eigenvalue weighted by Crippen LogP contribution is 2.42. The topological polar surface area (TPSA) is 190 Å². The molecule has 3 aromatic carbocycles. The lowest BCUT2D eigenvalue weighted by Gasteiger charge is -2.35. The van der Waals surface area contributed by atoms with Crippen LogP contribution in [0.4, 0.5) is 28.9 Å². The molecule has 15 nitrogen and oxygen atoms in total. The van der Waals surface area contributed by atoms with Crippen LogP contribution in [0.25, 0.3) is 10.4 Å².